The molecule has 0 bridgehead atoms. The van der Waals surface area contributed by atoms with Gasteiger partial charge in [0.2, 0.25) is 0 Å². The van der Waals surface area contributed by atoms with E-state index in [2.05, 4.69) is 10.2 Å². The van der Waals surface area contributed by atoms with Crippen molar-refractivity contribution in [2.75, 3.05) is 39.8 Å². The molecule has 1 fully saturated rings. The van der Waals surface area contributed by atoms with E-state index < -0.39 is 0 Å². The first-order valence-electron chi connectivity index (χ1n) is 6.54. The van der Waals surface area contributed by atoms with Crippen molar-refractivity contribution >= 4 is 11.6 Å². The van der Waals surface area contributed by atoms with Crippen LogP contribution >= 0.6 is 11.6 Å². The predicted octanol–water partition coefficient (Wildman–Crippen LogP) is 2.26. The molecule has 2 rings (SSSR count). The maximum atomic E-state index is 6.04. The SMILES string of the molecule is CNCC1CCN(CCOc2ccccc2Cl)C1. The molecule has 100 valence electrons. The third-order valence-electron chi connectivity index (χ3n) is 3.36. The van der Waals surface area contributed by atoms with E-state index in [4.69, 9.17) is 16.3 Å². The van der Waals surface area contributed by atoms with Gasteiger partial charge in [0.15, 0.2) is 0 Å². The van der Waals surface area contributed by atoms with Crippen LogP contribution in [0.2, 0.25) is 5.02 Å². The zero-order valence-corrected chi connectivity index (χ0v) is 11.6. The summed E-state index contributed by atoms with van der Waals surface area (Å²) < 4.78 is 5.70. The van der Waals surface area contributed by atoms with Crippen LogP contribution in [0.3, 0.4) is 0 Å². The average molecular weight is 269 g/mol. The zero-order valence-electron chi connectivity index (χ0n) is 10.9. The molecule has 18 heavy (non-hydrogen) atoms. The number of likely N-dealkylation sites (tertiary alicyclic amines) is 1. The average Bonchev–Trinajstić information content (AvgIpc) is 2.80. The summed E-state index contributed by atoms with van der Waals surface area (Å²) in [5, 5.41) is 3.93. The van der Waals surface area contributed by atoms with Crippen LogP contribution in [0.1, 0.15) is 6.42 Å². The van der Waals surface area contributed by atoms with Gasteiger partial charge in [-0.25, -0.2) is 0 Å². The Kier molecular flexibility index (Phi) is 5.29. The van der Waals surface area contributed by atoms with E-state index in [0.29, 0.717) is 11.6 Å². The number of benzene rings is 1. The number of nitrogens with zero attached hydrogens (tertiary/aromatic N) is 1. The summed E-state index contributed by atoms with van der Waals surface area (Å²) in [4.78, 5) is 2.46. The van der Waals surface area contributed by atoms with Crippen molar-refractivity contribution in [3.63, 3.8) is 0 Å². The van der Waals surface area contributed by atoms with Crippen molar-refractivity contribution in [2.45, 2.75) is 6.42 Å². The van der Waals surface area contributed by atoms with E-state index >= 15 is 0 Å². The third kappa shape index (κ3) is 3.87. The molecular weight excluding hydrogens is 248 g/mol. The Balaban J connectivity index is 1.69. The normalized spacial score (nSPS) is 20.2. The highest BCUT2D eigenvalue weighted by Gasteiger charge is 2.21. The Labute approximate surface area is 114 Å². The lowest BCUT2D eigenvalue weighted by Crippen LogP contribution is -2.28. The molecule has 0 aromatic heterocycles. The van der Waals surface area contributed by atoms with Crippen LogP contribution in [0.5, 0.6) is 5.75 Å². The molecule has 0 amide bonds. The van der Waals surface area contributed by atoms with Gasteiger partial charge in [-0.2, -0.15) is 0 Å². The molecule has 1 aliphatic heterocycles. The largest absolute Gasteiger partial charge is 0.491 e. The van der Waals surface area contributed by atoms with E-state index in [1.807, 2.05) is 31.3 Å². The molecule has 0 spiro atoms. The van der Waals surface area contributed by atoms with E-state index in [-0.39, 0.29) is 0 Å². The quantitative estimate of drug-likeness (QED) is 0.857. The molecule has 0 radical (unpaired) electrons. The fourth-order valence-electron chi connectivity index (χ4n) is 2.42. The van der Waals surface area contributed by atoms with Gasteiger partial charge in [-0.3, -0.25) is 4.90 Å². The first kappa shape index (κ1) is 13.7. The summed E-state index contributed by atoms with van der Waals surface area (Å²) in [5.41, 5.74) is 0. The molecule has 3 nitrogen and oxygen atoms in total. The molecule has 1 heterocycles. The standard InChI is InChI=1S/C14H21ClN2O/c1-16-10-12-6-7-17(11-12)8-9-18-14-5-3-2-4-13(14)15/h2-5,12,16H,6-11H2,1H3. The van der Waals surface area contributed by atoms with Crippen LogP contribution in [0, 0.1) is 5.92 Å². The van der Waals surface area contributed by atoms with Crippen molar-refractivity contribution in [3.8, 4) is 5.75 Å². The van der Waals surface area contributed by atoms with Crippen molar-refractivity contribution in [2.24, 2.45) is 5.92 Å². The molecule has 0 saturated carbocycles. The second-order valence-electron chi connectivity index (χ2n) is 4.79. The summed E-state index contributed by atoms with van der Waals surface area (Å²) in [6, 6.07) is 7.63. The number of ether oxygens (including phenoxy) is 1. The van der Waals surface area contributed by atoms with Crippen LogP contribution in [-0.4, -0.2) is 44.7 Å². The minimum Gasteiger partial charge on any atom is -0.491 e. The van der Waals surface area contributed by atoms with Gasteiger partial charge < -0.3 is 10.1 Å². The molecule has 1 saturated heterocycles. The van der Waals surface area contributed by atoms with Gasteiger partial charge in [-0.15, -0.1) is 0 Å². The first-order valence-corrected chi connectivity index (χ1v) is 6.91. The molecule has 1 aromatic rings. The topological polar surface area (TPSA) is 24.5 Å². The Bertz CT molecular complexity index is 373. The Morgan fingerprint density at radius 2 is 2.28 bits per heavy atom. The van der Waals surface area contributed by atoms with Gasteiger partial charge in [0.05, 0.1) is 5.02 Å². The molecular formula is C14H21ClN2O. The minimum absolute atomic E-state index is 0.687. The monoisotopic (exact) mass is 268 g/mol. The highest BCUT2D eigenvalue weighted by atomic mass is 35.5. The minimum atomic E-state index is 0.687. The lowest BCUT2D eigenvalue weighted by Gasteiger charge is -2.16. The van der Waals surface area contributed by atoms with E-state index in [9.17, 15) is 0 Å². The van der Waals surface area contributed by atoms with E-state index in [0.717, 1.165) is 24.8 Å². The molecule has 1 aliphatic rings. The predicted molar refractivity (Wildman–Crippen MR) is 75.4 cm³/mol. The Hall–Kier alpha value is -0.770. The maximum Gasteiger partial charge on any atom is 0.137 e. The van der Waals surface area contributed by atoms with E-state index in [1.165, 1.54) is 19.5 Å². The fourth-order valence-corrected chi connectivity index (χ4v) is 2.61. The maximum absolute atomic E-state index is 6.04. The molecule has 1 N–H and O–H groups in total. The number of para-hydroxylation sites is 1. The molecule has 1 atom stereocenters. The second-order valence-corrected chi connectivity index (χ2v) is 5.20. The lowest BCUT2D eigenvalue weighted by molar-refractivity contribution is 0.232. The lowest BCUT2D eigenvalue weighted by atomic mass is 10.1. The highest BCUT2D eigenvalue weighted by molar-refractivity contribution is 6.32. The number of halogens is 1. The molecule has 1 aromatic carbocycles. The van der Waals surface area contributed by atoms with Crippen LogP contribution in [0.25, 0.3) is 0 Å². The Morgan fingerprint density at radius 3 is 3.06 bits per heavy atom. The van der Waals surface area contributed by atoms with Gasteiger partial charge in [0.25, 0.3) is 0 Å². The summed E-state index contributed by atoms with van der Waals surface area (Å²) in [5.74, 6) is 1.57. The molecule has 1 unspecified atom stereocenters. The number of nitrogens with one attached hydrogen (secondary N) is 1. The molecule has 4 heteroatoms. The third-order valence-corrected chi connectivity index (χ3v) is 3.68. The van der Waals surface area contributed by atoms with Crippen molar-refractivity contribution in [1.82, 2.24) is 10.2 Å². The van der Waals surface area contributed by atoms with E-state index in [1.54, 1.807) is 0 Å². The summed E-state index contributed by atoms with van der Waals surface area (Å²) >= 11 is 6.04. The summed E-state index contributed by atoms with van der Waals surface area (Å²) in [6.45, 7) is 5.15. The van der Waals surface area contributed by atoms with Crippen LogP contribution < -0.4 is 10.1 Å². The zero-order chi connectivity index (χ0) is 12.8. The van der Waals surface area contributed by atoms with Gasteiger partial charge in [0, 0.05) is 13.1 Å². The second kappa shape index (κ2) is 6.98. The van der Waals surface area contributed by atoms with Crippen LogP contribution in [0.4, 0.5) is 0 Å². The number of rotatable bonds is 6. The Morgan fingerprint density at radius 1 is 1.44 bits per heavy atom. The van der Waals surface area contributed by atoms with Gasteiger partial charge in [0.1, 0.15) is 12.4 Å². The number of hydrogen-bond donors (Lipinski definition) is 1. The first-order chi connectivity index (χ1) is 8.79. The van der Waals surface area contributed by atoms with Crippen molar-refractivity contribution in [1.29, 1.82) is 0 Å². The van der Waals surface area contributed by atoms with Gasteiger partial charge in [-0.05, 0) is 44.6 Å². The number of hydrogen-bond acceptors (Lipinski definition) is 3. The summed E-state index contributed by atoms with van der Waals surface area (Å²) in [6.07, 6.45) is 1.28. The van der Waals surface area contributed by atoms with Crippen molar-refractivity contribution in [3.05, 3.63) is 29.3 Å². The highest BCUT2D eigenvalue weighted by Crippen LogP contribution is 2.23. The van der Waals surface area contributed by atoms with Crippen molar-refractivity contribution < 1.29 is 4.74 Å². The van der Waals surface area contributed by atoms with Crippen LogP contribution in [-0.2, 0) is 0 Å². The van der Waals surface area contributed by atoms with Gasteiger partial charge >= 0.3 is 0 Å². The smallest absolute Gasteiger partial charge is 0.137 e. The fraction of sp³-hybridized carbons (Fsp3) is 0.571. The van der Waals surface area contributed by atoms with Crippen LogP contribution in [0.15, 0.2) is 24.3 Å². The summed E-state index contributed by atoms with van der Waals surface area (Å²) in [7, 11) is 2.02. The van der Waals surface area contributed by atoms with Gasteiger partial charge in [-0.1, -0.05) is 23.7 Å². The molecule has 0 aliphatic carbocycles.